The van der Waals surface area contributed by atoms with Crippen LogP contribution in [0.5, 0.6) is 17.2 Å². The summed E-state index contributed by atoms with van der Waals surface area (Å²) in [6, 6.07) is 19.9. The predicted molar refractivity (Wildman–Crippen MR) is 147 cm³/mol. The maximum atomic E-state index is 13.9. The second-order valence-electron chi connectivity index (χ2n) is 9.58. The Kier molecular flexibility index (Phi) is 6.70. The van der Waals surface area contributed by atoms with E-state index in [9.17, 15) is 4.79 Å². The summed E-state index contributed by atoms with van der Waals surface area (Å²) in [5, 5.41) is 7.22. The van der Waals surface area contributed by atoms with E-state index in [-0.39, 0.29) is 11.7 Å². The summed E-state index contributed by atoms with van der Waals surface area (Å²) >= 11 is 0. The van der Waals surface area contributed by atoms with Crippen molar-refractivity contribution in [2.45, 2.75) is 24.8 Å². The molecule has 2 unspecified atom stereocenters. The Balaban J connectivity index is 1.62. The first kappa shape index (κ1) is 24.6. The van der Waals surface area contributed by atoms with Crippen LogP contribution in [-0.2, 0) is 4.79 Å². The Hall–Kier alpha value is -4.13. The van der Waals surface area contributed by atoms with E-state index < -0.39 is 6.04 Å². The van der Waals surface area contributed by atoms with Crippen LogP contribution in [0.2, 0.25) is 0 Å². The number of nitrogens with one attached hydrogen (secondary N) is 2. The number of rotatable bonds is 6. The van der Waals surface area contributed by atoms with Gasteiger partial charge in [-0.05, 0) is 54.3 Å². The third-order valence-corrected chi connectivity index (χ3v) is 7.24. The molecule has 192 valence electrons. The van der Waals surface area contributed by atoms with Crippen molar-refractivity contribution in [3.8, 4) is 17.2 Å². The molecule has 0 fully saturated rings. The number of carbonyl (C=O) groups is 1. The minimum atomic E-state index is -0.425. The highest BCUT2D eigenvalue weighted by Gasteiger charge is 2.38. The zero-order chi connectivity index (χ0) is 26.1. The Morgan fingerprint density at radius 1 is 0.811 bits per heavy atom. The summed E-state index contributed by atoms with van der Waals surface area (Å²) in [4.78, 5) is 16.0. The standard InChI is InChI=1S/C30H33N3O4/c1-33(2)20-12-10-18(11-13-20)19-16-24-27(25(34)17-19)28(32-23-9-7-6-8-22(23)31-24)21-14-15-26(35-3)30(37-5)29(21)36-4/h6-15,19,28,31-32H,16-17H2,1-5H3. The predicted octanol–water partition coefficient (Wildman–Crippen LogP) is 5.76. The molecule has 2 N–H and O–H groups in total. The number of para-hydroxylation sites is 2. The lowest BCUT2D eigenvalue weighted by Gasteiger charge is -2.31. The molecule has 0 radical (unpaired) electrons. The fraction of sp³-hybridized carbons (Fsp3) is 0.300. The number of methoxy groups -OCH3 is 3. The van der Waals surface area contributed by atoms with Crippen LogP contribution < -0.4 is 29.7 Å². The van der Waals surface area contributed by atoms with Gasteiger partial charge in [-0.2, -0.15) is 0 Å². The fourth-order valence-electron chi connectivity index (χ4n) is 5.36. The number of ether oxygens (including phenoxy) is 3. The lowest BCUT2D eigenvalue weighted by molar-refractivity contribution is -0.116. The number of carbonyl (C=O) groups excluding carboxylic acids is 1. The number of Topliss-reactive ketones (excluding diaryl/α,β-unsaturated/α-hetero) is 1. The number of nitrogens with zero attached hydrogens (tertiary/aromatic N) is 1. The van der Waals surface area contributed by atoms with Gasteiger partial charge in [0.1, 0.15) is 0 Å². The van der Waals surface area contributed by atoms with Gasteiger partial charge in [0.25, 0.3) is 0 Å². The molecule has 0 saturated heterocycles. The number of ketones is 1. The van der Waals surface area contributed by atoms with Gasteiger partial charge in [-0.25, -0.2) is 0 Å². The molecule has 1 aliphatic heterocycles. The maximum Gasteiger partial charge on any atom is 0.203 e. The first-order chi connectivity index (χ1) is 17.9. The zero-order valence-corrected chi connectivity index (χ0v) is 21.9. The molecule has 7 nitrogen and oxygen atoms in total. The minimum absolute atomic E-state index is 0.0909. The van der Waals surface area contributed by atoms with E-state index in [1.165, 1.54) is 0 Å². The highest BCUT2D eigenvalue weighted by atomic mass is 16.5. The topological polar surface area (TPSA) is 72.1 Å². The number of hydrogen-bond donors (Lipinski definition) is 2. The first-order valence-electron chi connectivity index (χ1n) is 12.4. The van der Waals surface area contributed by atoms with Crippen molar-refractivity contribution in [1.82, 2.24) is 0 Å². The smallest absolute Gasteiger partial charge is 0.203 e. The van der Waals surface area contributed by atoms with E-state index >= 15 is 0 Å². The van der Waals surface area contributed by atoms with Crippen LogP contribution in [0.3, 0.4) is 0 Å². The Morgan fingerprint density at radius 2 is 1.51 bits per heavy atom. The molecule has 2 aliphatic rings. The van der Waals surface area contributed by atoms with Crippen LogP contribution in [0.15, 0.2) is 71.9 Å². The zero-order valence-electron chi connectivity index (χ0n) is 21.9. The quantitative estimate of drug-likeness (QED) is 0.447. The van der Waals surface area contributed by atoms with E-state index in [0.29, 0.717) is 23.7 Å². The molecule has 37 heavy (non-hydrogen) atoms. The van der Waals surface area contributed by atoms with E-state index in [1.807, 2.05) is 50.5 Å². The molecule has 1 heterocycles. The second kappa shape index (κ2) is 10.1. The number of benzene rings is 3. The number of anilines is 3. The molecule has 0 saturated carbocycles. The molecule has 3 aromatic rings. The highest BCUT2D eigenvalue weighted by Crippen LogP contribution is 2.49. The minimum Gasteiger partial charge on any atom is -0.493 e. The van der Waals surface area contributed by atoms with Gasteiger partial charge in [0.15, 0.2) is 17.3 Å². The number of hydrogen-bond acceptors (Lipinski definition) is 7. The second-order valence-corrected chi connectivity index (χ2v) is 9.58. The van der Waals surface area contributed by atoms with Crippen molar-refractivity contribution >= 4 is 22.8 Å². The van der Waals surface area contributed by atoms with E-state index in [2.05, 4.69) is 39.8 Å². The summed E-state index contributed by atoms with van der Waals surface area (Å²) in [6.07, 6.45) is 1.16. The van der Waals surface area contributed by atoms with Gasteiger partial charge in [0, 0.05) is 43.0 Å². The average molecular weight is 500 g/mol. The van der Waals surface area contributed by atoms with Gasteiger partial charge in [0.05, 0.1) is 38.7 Å². The summed E-state index contributed by atoms with van der Waals surface area (Å²) in [5.74, 6) is 1.81. The molecule has 0 spiro atoms. The van der Waals surface area contributed by atoms with Crippen LogP contribution >= 0.6 is 0 Å². The van der Waals surface area contributed by atoms with E-state index in [1.54, 1.807) is 21.3 Å². The van der Waals surface area contributed by atoms with E-state index in [0.717, 1.165) is 45.9 Å². The Bertz CT molecular complexity index is 1350. The van der Waals surface area contributed by atoms with Crippen molar-refractivity contribution in [1.29, 1.82) is 0 Å². The molecule has 7 heteroatoms. The summed E-state index contributed by atoms with van der Waals surface area (Å²) < 4.78 is 17.0. The van der Waals surface area contributed by atoms with Crippen LogP contribution in [0, 0.1) is 0 Å². The van der Waals surface area contributed by atoms with Crippen molar-refractivity contribution in [3.05, 3.63) is 83.1 Å². The van der Waals surface area contributed by atoms with Crippen LogP contribution in [0.25, 0.3) is 0 Å². The van der Waals surface area contributed by atoms with Crippen LogP contribution in [0.1, 0.15) is 35.9 Å². The Labute approximate surface area is 218 Å². The van der Waals surface area contributed by atoms with Gasteiger partial charge in [-0.1, -0.05) is 24.3 Å². The average Bonchev–Trinajstić information content (AvgIpc) is 3.09. The van der Waals surface area contributed by atoms with Crippen molar-refractivity contribution in [3.63, 3.8) is 0 Å². The molecular weight excluding hydrogens is 466 g/mol. The fourth-order valence-corrected chi connectivity index (χ4v) is 5.36. The SMILES string of the molecule is COc1ccc(C2Nc3ccccc3NC3=C2C(=O)CC(c2ccc(N(C)C)cc2)C3)c(OC)c1OC. The van der Waals surface area contributed by atoms with Crippen LogP contribution in [-0.4, -0.2) is 41.2 Å². The molecule has 2 atom stereocenters. The van der Waals surface area contributed by atoms with Gasteiger partial charge in [0.2, 0.25) is 5.75 Å². The molecule has 0 bridgehead atoms. The number of allylic oxidation sites excluding steroid dienone is 1. The van der Waals surface area contributed by atoms with Gasteiger partial charge in [-0.15, -0.1) is 0 Å². The Morgan fingerprint density at radius 3 is 2.16 bits per heavy atom. The monoisotopic (exact) mass is 499 g/mol. The van der Waals surface area contributed by atoms with Gasteiger partial charge >= 0.3 is 0 Å². The third kappa shape index (κ3) is 4.46. The molecule has 0 aromatic heterocycles. The molecule has 3 aromatic carbocycles. The molecule has 1 aliphatic carbocycles. The van der Waals surface area contributed by atoms with Gasteiger partial charge in [-0.3, -0.25) is 4.79 Å². The van der Waals surface area contributed by atoms with E-state index in [4.69, 9.17) is 14.2 Å². The molecular formula is C30H33N3O4. The van der Waals surface area contributed by atoms with Crippen LogP contribution in [0.4, 0.5) is 17.1 Å². The first-order valence-corrected chi connectivity index (χ1v) is 12.4. The largest absolute Gasteiger partial charge is 0.493 e. The summed E-state index contributed by atoms with van der Waals surface area (Å²) in [7, 11) is 8.84. The highest BCUT2D eigenvalue weighted by molar-refractivity contribution is 6.01. The van der Waals surface area contributed by atoms with Gasteiger partial charge < -0.3 is 29.7 Å². The lowest BCUT2D eigenvalue weighted by atomic mass is 9.78. The normalized spacial score (nSPS) is 18.6. The van der Waals surface area contributed by atoms with Crippen molar-refractivity contribution in [2.24, 2.45) is 0 Å². The lowest BCUT2D eigenvalue weighted by Crippen LogP contribution is -2.27. The number of fused-ring (bicyclic) bond motifs is 1. The maximum absolute atomic E-state index is 13.9. The third-order valence-electron chi connectivity index (χ3n) is 7.24. The van der Waals surface area contributed by atoms with Crippen molar-refractivity contribution < 1.29 is 19.0 Å². The molecule has 0 amide bonds. The summed E-state index contributed by atoms with van der Waals surface area (Å²) in [6.45, 7) is 0. The summed E-state index contributed by atoms with van der Waals surface area (Å²) in [5.41, 5.74) is 6.62. The molecule has 5 rings (SSSR count). The van der Waals surface area contributed by atoms with Crippen molar-refractivity contribution in [2.75, 3.05) is 51.0 Å².